The number of nitrogens with two attached hydrogens (primary N) is 1. The Hall–Kier alpha value is -1.40. The van der Waals surface area contributed by atoms with E-state index in [1.54, 1.807) is 22.5 Å². The fraction of sp³-hybridized carbons (Fsp3) is 0.333. The summed E-state index contributed by atoms with van der Waals surface area (Å²) in [6.07, 6.45) is 0.829. The minimum Gasteiger partial charge on any atom is -0.328 e. The summed E-state index contributed by atoms with van der Waals surface area (Å²) in [6.45, 7) is 3.00. The zero-order valence-corrected chi connectivity index (χ0v) is 15.3. The van der Waals surface area contributed by atoms with Crippen LogP contribution in [-0.4, -0.2) is 31.9 Å². The van der Waals surface area contributed by atoms with Gasteiger partial charge in [-0.1, -0.05) is 42.5 Å². The molecular formula is C18H23ClN2O2S. The van der Waals surface area contributed by atoms with Gasteiger partial charge in [0.05, 0.1) is 4.90 Å². The van der Waals surface area contributed by atoms with Crippen LogP contribution in [0.15, 0.2) is 59.5 Å². The monoisotopic (exact) mass is 366 g/mol. The van der Waals surface area contributed by atoms with Gasteiger partial charge in [0.2, 0.25) is 10.0 Å². The molecule has 2 N–H and O–H groups in total. The molecular weight excluding hydrogens is 344 g/mol. The van der Waals surface area contributed by atoms with Gasteiger partial charge in [-0.3, -0.25) is 0 Å². The Bertz CT molecular complexity index is 779. The fourth-order valence-corrected chi connectivity index (χ4v) is 4.58. The predicted octanol–water partition coefficient (Wildman–Crippen LogP) is 3.13. The Kier molecular flexibility index (Phi) is 6.04. The van der Waals surface area contributed by atoms with Gasteiger partial charge < -0.3 is 5.73 Å². The number of halogens is 1. The van der Waals surface area contributed by atoms with Gasteiger partial charge in [-0.15, -0.1) is 12.4 Å². The topological polar surface area (TPSA) is 63.4 Å². The van der Waals surface area contributed by atoms with Crippen molar-refractivity contribution in [3.05, 3.63) is 54.6 Å². The minimum atomic E-state index is -3.46. The van der Waals surface area contributed by atoms with Gasteiger partial charge in [-0.25, -0.2) is 8.42 Å². The molecule has 0 radical (unpaired) electrons. The van der Waals surface area contributed by atoms with Crippen molar-refractivity contribution in [3.8, 4) is 11.1 Å². The summed E-state index contributed by atoms with van der Waals surface area (Å²) < 4.78 is 27.3. The molecule has 0 amide bonds. The van der Waals surface area contributed by atoms with E-state index in [0.29, 0.717) is 18.0 Å². The largest absolute Gasteiger partial charge is 0.328 e. The third kappa shape index (κ3) is 3.81. The van der Waals surface area contributed by atoms with Crippen LogP contribution < -0.4 is 5.73 Å². The molecule has 0 spiro atoms. The summed E-state index contributed by atoms with van der Waals surface area (Å²) in [4.78, 5) is 0.351. The fourth-order valence-electron chi connectivity index (χ4n) is 3.02. The highest BCUT2D eigenvalue weighted by atomic mass is 35.5. The molecule has 4 nitrogen and oxygen atoms in total. The maximum atomic E-state index is 12.9. The first-order valence-electron chi connectivity index (χ1n) is 7.90. The highest BCUT2D eigenvalue weighted by Gasteiger charge is 2.33. The van der Waals surface area contributed by atoms with Crippen molar-refractivity contribution >= 4 is 22.4 Å². The molecule has 0 bridgehead atoms. The van der Waals surface area contributed by atoms with Crippen molar-refractivity contribution in [2.75, 3.05) is 13.1 Å². The number of benzene rings is 2. The summed E-state index contributed by atoms with van der Waals surface area (Å²) in [7, 11) is -3.46. The van der Waals surface area contributed by atoms with Gasteiger partial charge in [-0.2, -0.15) is 4.31 Å². The van der Waals surface area contributed by atoms with E-state index in [0.717, 1.165) is 17.5 Å². The molecule has 0 aliphatic carbocycles. The Labute approximate surface area is 150 Å². The lowest BCUT2D eigenvalue weighted by molar-refractivity contribution is 0.429. The Morgan fingerprint density at radius 3 is 2.38 bits per heavy atom. The lowest BCUT2D eigenvalue weighted by atomic mass is 10.0. The van der Waals surface area contributed by atoms with E-state index in [2.05, 4.69) is 0 Å². The maximum absolute atomic E-state index is 12.9. The smallest absolute Gasteiger partial charge is 0.243 e. The summed E-state index contributed by atoms with van der Waals surface area (Å²) in [5.41, 5.74) is 7.85. The van der Waals surface area contributed by atoms with Crippen LogP contribution in [0.3, 0.4) is 0 Å². The number of hydrogen-bond acceptors (Lipinski definition) is 3. The normalized spacial score (nSPS) is 19.7. The SMILES string of the molecule is CC(N)C1CCN(S(=O)(=O)c2cccc(-c3ccccc3)c2)C1.Cl. The zero-order valence-electron chi connectivity index (χ0n) is 13.6. The van der Waals surface area contributed by atoms with Gasteiger partial charge in [0.25, 0.3) is 0 Å². The van der Waals surface area contributed by atoms with E-state index in [4.69, 9.17) is 5.73 Å². The highest BCUT2D eigenvalue weighted by molar-refractivity contribution is 7.89. The summed E-state index contributed by atoms with van der Waals surface area (Å²) in [5.74, 6) is 0.238. The molecule has 1 aliphatic rings. The Balaban J connectivity index is 0.00000208. The standard InChI is InChI=1S/C18H22N2O2S.ClH/c1-14(19)17-10-11-20(13-17)23(21,22)18-9-5-8-16(12-18)15-6-3-2-4-7-15;/h2-9,12,14,17H,10-11,13,19H2,1H3;1H. The van der Waals surface area contributed by atoms with Gasteiger partial charge in [-0.05, 0) is 42.5 Å². The summed E-state index contributed by atoms with van der Waals surface area (Å²) in [6, 6.07) is 17.0. The van der Waals surface area contributed by atoms with Crippen molar-refractivity contribution in [2.45, 2.75) is 24.3 Å². The second-order valence-electron chi connectivity index (χ2n) is 6.16. The van der Waals surface area contributed by atoms with Crippen LogP contribution in [-0.2, 0) is 10.0 Å². The molecule has 2 unspecified atom stereocenters. The lowest BCUT2D eigenvalue weighted by Crippen LogP contribution is -2.33. The van der Waals surface area contributed by atoms with Crippen molar-refractivity contribution in [3.63, 3.8) is 0 Å². The average molecular weight is 367 g/mol. The highest BCUT2D eigenvalue weighted by Crippen LogP contribution is 2.28. The molecule has 1 aliphatic heterocycles. The summed E-state index contributed by atoms with van der Waals surface area (Å²) >= 11 is 0. The number of hydrogen-bond donors (Lipinski definition) is 1. The van der Waals surface area contributed by atoms with Crippen LogP contribution in [0, 0.1) is 5.92 Å². The lowest BCUT2D eigenvalue weighted by Gasteiger charge is -2.18. The van der Waals surface area contributed by atoms with Crippen molar-refractivity contribution in [1.29, 1.82) is 0 Å². The maximum Gasteiger partial charge on any atom is 0.243 e. The third-order valence-electron chi connectivity index (χ3n) is 4.51. The Morgan fingerprint density at radius 2 is 1.75 bits per heavy atom. The molecule has 1 heterocycles. The van der Waals surface area contributed by atoms with E-state index < -0.39 is 10.0 Å². The summed E-state index contributed by atoms with van der Waals surface area (Å²) in [5, 5.41) is 0. The zero-order chi connectivity index (χ0) is 16.4. The van der Waals surface area contributed by atoms with Crippen LogP contribution in [0.5, 0.6) is 0 Å². The molecule has 24 heavy (non-hydrogen) atoms. The molecule has 2 aromatic rings. The van der Waals surface area contributed by atoms with Crippen LogP contribution in [0.2, 0.25) is 0 Å². The average Bonchev–Trinajstić information content (AvgIpc) is 3.07. The van der Waals surface area contributed by atoms with Gasteiger partial charge >= 0.3 is 0 Å². The molecule has 1 fully saturated rings. The third-order valence-corrected chi connectivity index (χ3v) is 6.37. The second kappa shape index (κ2) is 7.66. The number of rotatable bonds is 4. The molecule has 130 valence electrons. The molecule has 3 rings (SSSR count). The second-order valence-corrected chi connectivity index (χ2v) is 8.10. The van der Waals surface area contributed by atoms with E-state index in [1.165, 1.54) is 0 Å². The Morgan fingerprint density at radius 1 is 1.08 bits per heavy atom. The predicted molar refractivity (Wildman–Crippen MR) is 99.6 cm³/mol. The molecule has 0 aromatic heterocycles. The van der Waals surface area contributed by atoms with Crippen LogP contribution >= 0.6 is 12.4 Å². The van der Waals surface area contributed by atoms with E-state index in [-0.39, 0.29) is 24.4 Å². The first-order chi connectivity index (χ1) is 11.0. The van der Waals surface area contributed by atoms with Gasteiger partial charge in [0.15, 0.2) is 0 Å². The molecule has 6 heteroatoms. The van der Waals surface area contributed by atoms with E-state index in [1.807, 2.05) is 43.3 Å². The van der Waals surface area contributed by atoms with Gasteiger partial charge in [0, 0.05) is 19.1 Å². The van der Waals surface area contributed by atoms with Crippen molar-refractivity contribution in [1.82, 2.24) is 4.31 Å². The minimum absolute atomic E-state index is 0. The van der Waals surface area contributed by atoms with Crippen molar-refractivity contribution < 1.29 is 8.42 Å². The molecule has 2 atom stereocenters. The van der Waals surface area contributed by atoms with Crippen LogP contribution in [0.25, 0.3) is 11.1 Å². The van der Waals surface area contributed by atoms with E-state index in [9.17, 15) is 8.42 Å². The molecule has 0 saturated carbocycles. The number of nitrogens with zero attached hydrogens (tertiary/aromatic N) is 1. The first-order valence-corrected chi connectivity index (χ1v) is 9.34. The molecule has 2 aromatic carbocycles. The van der Waals surface area contributed by atoms with E-state index >= 15 is 0 Å². The number of sulfonamides is 1. The van der Waals surface area contributed by atoms with Crippen molar-refractivity contribution in [2.24, 2.45) is 11.7 Å². The first kappa shape index (κ1) is 18.9. The van der Waals surface area contributed by atoms with Gasteiger partial charge in [0.1, 0.15) is 0 Å². The molecule has 1 saturated heterocycles. The van der Waals surface area contributed by atoms with Crippen LogP contribution in [0.1, 0.15) is 13.3 Å². The van der Waals surface area contributed by atoms with Crippen LogP contribution in [0.4, 0.5) is 0 Å². The quantitative estimate of drug-likeness (QED) is 0.904.